The van der Waals surface area contributed by atoms with Crippen molar-refractivity contribution in [2.24, 2.45) is 0 Å². The lowest BCUT2D eigenvalue weighted by Gasteiger charge is -2.21. The third-order valence-electron chi connectivity index (χ3n) is 1.30. The maximum Gasteiger partial charge on any atom is 0.310 e. The lowest BCUT2D eigenvalue weighted by Crippen LogP contribution is -2.29. The average molecular weight is 188 g/mol. The highest BCUT2D eigenvalue weighted by atomic mass is 16.6. The zero-order chi connectivity index (χ0) is 10.5. The Morgan fingerprint density at radius 1 is 1.46 bits per heavy atom. The Morgan fingerprint density at radius 2 is 2.00 bits per heavy atom. The van der Waals surface area contributed by atoms with E-state index in [0.717, 1.165) is 0 Å². The van der Waals surface area contributed by atoms with Crippen molar-refractivity contribution in [2.75, 3.05) is 0 Å². The molecule has 0 unspecified atom stereocenters. The van der Waals surface area contributed by atoms with Gasteiger partial charge in [0.05, 0.1) is 12.5 Å². The van der Waals surface area contributed by atoms with Crippen LogP contribution in [0.3, 0.4) is 0 Å². The minimum atomic E-state index is -0.784. The number of hydrogen-bond acceptors (Lipinski definition) is 4. The molecule has 0 amide bonds. The van der Waals surface area contributed by atoms with Gasteiger partial charge < -0.3 is 9.47 Å². The largest absolute Gasteiger partial charge is 0.463 e. The van der Waals surface area contributed by atoms with Crippen LogP contribution >= 0.6 is 0 Å². The molecule has 0 rings (SSSR count). The lowest BCUT2D eigenvalue weighted by atomic mass is 10.1. The molecule has 0 heterocycles. The minimum absolute atomic E-state index is 0.0733. The van der Waals surface area contributed by atoms with Crippen LogP contribution in [0.1, 0.15) is 34.1 Å². The summed E-state index contributed by atoms with van der Waals surface area (Å²) in [6.07, 6.45) is -0.0660. The first-order valence-corrected chi connectivity index (χ1v) is 4.18. The van der Waals surface area contributed by atoms with Crippen LogP contribution in [0.5, 0.6) is 0 Å². The normalized spacial score (nSPS) is 11.2. The highest BCUT2D eigenvalue weighted by Crippen LogP contribution is 2.14. The van der Waals surface area contributed by atoms with Crippen molar-refractivity contribution in [1.82, 2.24) is 0 Å². The maximum absolute atomic E-state index is 11.1. The smallest absolute Gasteiger partial charge is 0.310 e. The van der Waals surface area contributed by atoms with Gasteiger partial charge in [0.1, 0.15) is 5.60 Å². The van der Waals surface area contributed by atoms with Crippen LogP contribution in [0.15, 0.2) is 0 Å². The first-order chi connectivity index (χ1) is 5.87. The van der Waals surface area contributed by atoms with Gasteiger partial charge in [0.25, 0.3) is 6.47 Å². The molecule has 0 aromatic rings. The van der Waals surface area contributed by atoms with E-state index in [0.29, 0.717) is 6.47 Å². The van der Waals surface area contributed by atoms with E-state index < -0.39 is 5.60 Å². The van der Waals surface area contributed by atoms with Crippen molar-refractivity contribution in [3.63, 3.8) is 0 Å². The molecule has 0 radical (unpaired) electrons. The summed E-state index contributed by atoms with van der Waals surface area (Å²) in [6.45, 7) is 7.19. The number of hydrogen-bond donors (Lipinski definition) is 0. The van der Waals surface area contributed by atoms with Crippen molar-refractivity contribution < 1.29 is 19.1 Å². The number of carbonyl (C=O) groups excluding carboxylic acids is 2. The molecule has 0 atom stereocenters. The highest BCUT2D eigenvalue weighted by Gasteiger charge is 2.24. The van der Waals surface area contributed by atoms with Crippen LogP contribution in [0.2, 0.25) is 0 Å². The summed E-state index contributed by atoms with van der Waals surface area (Å²) >= 11 is 0. The topological polar surface area (TPSA) is 52.6 Å². The minimum Gasteiger partial charge on any atom is -0.463 e. The molecular formula is C9H16O4. The molecule has 4 nitrogen and oxygen atoms in total. The van der Waals surface area contributed by atoms with E-state index in [4.69, 9.17) is 9.47 Å². The molecule has 4 heteroatoms. The molecule has 0 aliphatic carbocycles. The summed E-state index contributed by atoms with van der Waals surface area (Å²) < 4.78 is 9.60. The first-order valence-electron chi connectivity index (χ1n) is 4.18. The average Bonchev–Trinajstić information content (AvgIpc) is 1.81. The Morgan fingerprint density at radius 3 is 2.38 bits per heavy atom. The lowest BCUT2D eigenvalue weighted by molar-refractivity contribution is -0.156. The molecule has 0 bridgehead atoms. The summed E-state index contributed by atoms with van der Waals surface area (Å²) in [5.74, 6) is -0.359. The van der Waals surface area contributed by atoms with E-state index in [9.17, 15) is 9.59 Å². The molecule has 0 aromatic carbocycles. The molecule has 0 fully saturated rings. The monoisotopic (exact) mass is 188 g/mol. The third kappa shape index (κ3) is 6.13. The van der Waals surface area contributed by atoms with Gasteiger partial charge in [0.2, 0.25) is 0 Å². The first kappa shape index (κ1) is 11.9. The zero-order valence-electron chi connectivity index (χ0n) is 8.49. The number of carbonyl (C=O) groups is 2. The van der Waals surface area contributed by atoms with Crippen molar-refractivity contribution in [3.05, 3.63) is 0 Å². The van der Waals surface area contributed by atoms with Crippen molar-refractivity contribution in [1.29, 1.82) is 0 Å². The molecule has 0 aromatic heterocycles. The van der Waals surface area contributed by atoms with E-state index in [1.54, 1.807) is 27.7 Å². The number of rotatable bonds is 5. The Labute approximate surface area is 78.2 Å². The highest BCUT2D eigenvalue weighted by molar-refractivity contribution is 5.71. The van der Waals surface area contributed by atoms with Gasteiger partial charge in [-0.15, -0.1) is 0 Å². The van der Waals surface area contributed by atoms with E-state index in [2.05, 4.69) is 0 Å². The number of esters is 1. The number of ether oxygens (including phenoxy) is 2. The summed E-state index contributed by atoms with van der Waals surface area (Å²) in [7, 11) is 0. The van der Waals surface area contributed by atoms with Crippen LogP contribution in [0.25, 0.3) is 0 Å². The maximum atomic E-state index is 11.1. The van der Waals surface area contributed by atoms with E-state index in [1.165, 1.54) is 0 Å². The molecule has 0 saturated heterocycles. The molecular weight excluding hydrogens is 172 g/mol. The zero-order valence-corrected chi connectivity index (χ0v) is 8.49. The summed E-state index contributed by atoms with van der Waals surface area (Å²) in [5, 5.41) is 0. The standard InChI is InChI=1S/C9H16O4/c1-7(2)13-8(11)5-9(3,4)12-6-10/h6-7H,5H2,1-4H3. The molecule has 0 spiro atoms. The van der Waals surface area contributed by atoms with Crippen molar-refractivity contribution in [3.8, 4) is 0 Å². The quantitative estimate of drug-likeness (QED) is 0.481. The fraction of sp³-hybridized carbons (Fsp3) is 0.778. The molecule has 0 N–H and O–H groups in total. The van der Waals surface area contributed by atoms with Gasteiger partial charge in [-0.25, -0.2) is 0 Å². The summed E-state index contributed by atoms with van der Waals surface area (Å²) in [4.78, 5) is 21.2. The van der Waals surface area contributed by atoms with Crippen LogP contribution in [0.4, 0.5) is 0 Å². The molecule has 0 saturated carbocycles. The molecule has 0 aliphatic rings. The van der Waals surface area contributed by atoms with Crippen molar-refractivity contribution in [2.45, 2.75) is 45.8 Å². The third-order valence-corrected chi connectivity index (χ3v) is 1.30. The fourth-order valence-electron chi connectivity index (χ4n) is 0.824. The summed E-state index contributed by atoms with van der Waals surface area (Å²) in [5.41, 5.74) is -0.784. The molecule has 0 aliphatic heterocycles. The second-order valence-electron chi connectivity index (χ2n) is 3.69. The van der Waals surface area contributed by atoms with Crippen LogP contribution < -0.4 is 0 Å². The van der Waals surface area contributed by atoms with Gasteiger partial charge >= 0.3 is 5.97 Å². The predicted octanol–water partition coefficient (Wildman–Crippen LogP) is 1.28. The van der Waals surface area contributed by atoms with Crippen LogP contribution in [-0.2, 0) is 19.1 Å². The summed E-state index contributed by atoms with van der Waals surface area (Å²) in [6, 6.07) is 0. The van der Waals surface area contributed by atoms with Gasteiger partial charge in [-0.05, 0) is 27.7 Å². The van der Waals surface area contributed by atoms with E-state index in [1.807, 2.05) is 0 Å². The van der Waals surface area contributed by atoms with Crippen LogP contribution in [0, 0.1) is 0 Å². The van der Waals surface area contributed by atoms with Crippen LogP contribution in [-0.4, -0.2) is 24.1 Å². The second kappa shape index (κ2) is 4.84. The van der Waals surface area contributed by atoms with E-state index >= 15 is 0 Å². The van der Waals surface area contributed by atoms with Gasteiger partial charge in [0, 0.05) is 0 Å². The molecule has 76 valence electrons. The second-order valence-corrected chi connectivity index (χ2v) is 3.69. The SMILES string of the molecule is CC(C)OC(=O)CC(C)(C)OC=O. The van der Waals surface area contributed by atoms with Gasteiger partial charge in [-0.3, -0.25) is 9.59 Å². The van der Waals surface area contributed by atoms with Gasteiger partial charge in [-0.1, -0.05) is 0 Å². The molecule has 13 heavy (non-hydrogen) atoms. The van der Waals surface area contributed by atoms with Gasteiger partial charge in [-0.2, -0.15) is 0 Å². The predicted molar refractivity (Wildman–Crippen MR) is 47.1 cm³/mol. The van der Waals surface area contributed by atoms with Crippen molar-refractivity contribution >= 4 is 12.4 Å². The Hall–Kier alpha value is -1.06. The fourth-order valence-corrected chi connectivity index (χ4v) is 0.824. The Balaban J connectivity index is 3.96. The van der Waals surface area contributed by atoms with E-state index in [-0.39, 0.29) is 18.5 Å². The Kier molecular flexibility index (Phi) is 4.45. The van der Waals surface area contributed by atoms with Gasteiger partial charge in [0.15, 0.2) is 0 Å². The Bertz CT molecular complexity index is 184.